The van der Waals surface area contributed by atoms with E-state index in [0.717, 1.165) is 6.20 Å². The fourth-order valence-electron chi connectivity index (χ4n) is 1.49. The summed E-state index contributed by atoms with van der Waals surface area (Å²) < 4.78 is 4.75. The molecule has 0 bridgehead atoms. The van der Waals surface area contributed by atoms with Crippen LogP contribution in [0.4, 0.5) is 5.69 Å². The Kier molecular flexibility index (Phi) is 4.14. The molecule has 8 nitrogen and oxygen atoms in total. The lowest BCUT2D eigenvalue weighted by atomic mass is 10.0. The van der Waals surface area contributed by atoms with Crippen molar-refractivity contribution < 1.29 is 19.9 Å². The monoisotopic (exact) mass is 253 g/mol. The van der Waals surface area contributed by atoms with E-state index in [9.17, 15) is 20.3 Å². The number of rotatable bonds is 4. The maximum Gasteiger partial charge on any atom is 0.334 e. The van der Waals surface area contributed by atoms with Crippen LogP contribution in [0.1, 0.15) is 17.2 Å². The molecule has 8 heteroatoms. The third-order valence-electron chi connectivity index (χ3n) is 2.44. The molecular weight excluding hydrogens is 242 g/mol. The fourth-order valence-corrected chi connectivity index (χ4v) is 1.49. The summed E-state index contributed by atoms with van der Waals surface area (Å²) in [6.07, 6.45) is -2.11. The van der Waals surface area contributed by atoms with Crippen molar-refractivity contribution in [3.8, 4) is 11.9 Å². The highest BCUT2D eigenvalue weighted by Crippen LogP contribution is 2.33. The molecule has 0 radical (unpaired) electrons. The molecule has 1 rings (SSSR count). The van der Waals surface area contributed by atoms with E-state index in [0.29, 0.717) is 0 Å². The summed E-state index contributed by atoms with van der Waals surface area (Å²) >= 11 is 0. The molecule has 0 aromatic carbocycles. The summed E-state index contributed by atoms with van der Waals surface area (Å²) in [7, 11) is 1.23. The van der Waals surface area contributed by atoms with E-state index in [2.05, 4.69) is 4.98 Å². The maximum absolute atomic E-state index is 10.9. The molecule has 2 unspecified atom stereocenters. The van der Waals surface area contributed by atoms with Gasteiger partial charge in [-0.1, -0.05) is 0 Å². The van der Waals surface area contributed by atoms with Gasteiger partial charge in [0.1, 0.15) is 6.10 Å². The highest BCUT2D eigenvalue weighted by atomic mass is 16.6. The zero-order valence-electron chi connectivity index (χ0n) is 9.69. The quantitative estimate of drug-likeness (QED) is 0.446. The molecule has 1 aromatic heterocycles. The van der Waals surface area contributed by atoms with Crippen molar-refractivity contribution in [3.63, 3.8) is 0 Å². The summed E-state index contributed by atoms with van der Waals surface area (Å²) in [4.78, 5) is 13.9. The second-order valence-corrected chi connectivity index (χ2v) is 3.47. The molecule has 0 aliphatic rings. The van der Waals surface area contributed by atoms with Crippen LogP contribution >= 0.6 is 0 Å². The third-order valence-corrected chi connectivity index (χ3v) is 2.44. The second kappa shape index (κ2) is 5.39. The van der Waals surface area contributed by atoms with Crippen molar-refractivity contribution in [3.05, 3.63) is 27.4 Å². The SMILES string of the molecule is COc1ncc(C(O)C(O)C#N)c(C)c1[N+](=O)[O-]. The molecule has 2 N–H and O–H groups in total. The molecule has 18 heavy (non-hydrogen) atoms. The Hall–Kier alpha value is -2.24. The smallest absolute Gasteiger partial charge is 0.334 e. The molecule has 96 valence electrons. The lowest BCUT2D eigenvalue weighted by molar-refractivity contribution is -0.386. The summed E-state index contributed by atoms with van der Waals surface area (Å²) in [5.41, 5.74) is -0.301. The van der Waals surface area contributed by atoms with Crippen LogP contribution in [0.5, 0.6) is 5.88 Å². The molecule has 0 aliphatic carbocycles. The number of ether oxygens (including phenoxy) is 1. The van der Waals surface area contributed by atoms with Crippen molar-refractivity contribution in [2.24, 2.45) is 0 Å². The predicted octanol–water partition coefficient (Wildman–Crippen LogP) is 0.225. The number of aliphatic hydroxyl groups is 2. The number of aliphatic hydroxyl groups excluding tert-OH is 2. The number of methoxy groups -OCH3 is 1. The van der Waals surface area contributed by atoms with Crippen molar-refractivity contribution >= 4 is 5.69 Å². The first kappa shape index (κ1) is 13.8. The first-order chi connectivity index (χ1) is 8.43. The van der Waals surface area contributed by atoms with Gasteiger partial charge < -0.3 is 14.9 Å². The first-order valence-electron chi connectivity index (χ1n) is 4.87. The first-order valence-corrected chi connectivity index (χ1v) is 4.87. The Morgan fingerprint density at radius 1 is 1.61 bits per heavy atom. The Morgan fingerprint density at radius 3 is 2.67 bits per heavy atom. The normalized spacial score (nSPS) is 13.5. The zero-order chi connectivity index (χ0) is 13.9. The summed E-state index contributed by atoms with van der Waals surface area (Å²) in [6.45, 7) is 1.38. The Labute approximate surface area is 102 Å². The van der Waals surface area contributed by atoms with E-state index in [4.69, 9.17) is 10.00 Å². The van der Waals surface area contributed by atoms with E-state index in [1.54, 1.807) is 0 Å². The predicted molar refractivity (Wildman–Crippen MR) is 58.8 cm³/mol. The summed E-state index contributed by atoms with van der Waals surface area (Å²) in [6, 6.07) is 1.44. The number of pyridine rings is 1. The van der Waals surface area contributed by atoms with Gasteiger partial charge in [-0.15, -0.1) is 0 Å². The van der Waals surface area contributed by atoms with Crippen LogP contribution in [0.15, 0.2) is 6.20 Å². The van der Waals surface area contributed by atoms with Crippen molar-refractivity contribution in [2.45, 2.75) is 19.1 Å². The maximum atomic E-state index is 10.9. The van der Waals surface area contributed by atoms with Crippen LogP contribution in [0.25, 0.3) is 0 Å². The van der Waals surface area contributed by atoms with Gasteiger partial charge in [-0.3, -0.25) is 10.1 Å². The molecule has 0 saturated carbocycles. The molecule has 2 atom stereocenters. The number of aromatic nitrogens is 1. The van der Waals surface area contributed by atoms with E-state index in [-0.39, 0.29) is 17.0 Å². The average Bonchev–Trinajstić information content (AvgIpc) is 2.35. The largest absolute Gasteiger partial charge is 0.476 e. The van der Waals surface area contributed by atoms with E-state index < -0.39 is 22.8 Å². The lowest BCUT2D eigenvalue weighted by Crippen LogP contribution is -2.18. The van der Waals surface area contributed by atoms with Crippen molar-refractivity contribution in [1.82, 2.24) is 4.98 Å². The van der Waals surface area contributed by atoms with Crippen molar-refractivity contribution in [2.75, 3.05) is 7.11 Å². The number of hydrogen-bond donors (Lipinski definition) is 2. The van der Waals surface area contributed by atoms with Crippen LogP contribution in [0.3, 0.4) is 0 Å². The summed E-state index contributed by atoms with van der Waals surface area (Å²) in [5.74, 6) is -0.195. The second-order valence-electron chi connectivity index (χ2n) is 3.47. The zero-order valence-corrected chi connectivity index (χ0v) is 9.69. The van der Waals surface area contributed by atoms with Gasteiger partial charge in [0.25, 0.3) is 5.88 Å². The molecule has 0 aliphatic heterocycles. The Bertz CT molecular complexity index is 511. The third kappa shape index (κ3) is 2.37. The van der Waals surface area contributed by atoms with E-state index in [1.165, 1.54) is 20.1 Å². The van der Waals surface area contributed by atoms with E-state index >= 15 is 0 Å². The molecule has 1 heterocycles. The molecule has 1 aromatic rings. The molecule has 0 saturated heterocycles. The van der Waals surface area contributed by atoms with Crippen LogP contribution in [-0.4, -0.2) is 33.3 Å². The van der Waals surface area contributed by atoms with Crippen molar-refractivity contribution in [1.29, 1.82) is 5.26 Å². The lowest BCUT2D eigenvalue weighted by Gasteiger charge is -2.14. The van der Waals surface area contributed by atoms with E-state index in [1.807, 2.05) is 0 Å². The minimum atomic E-state index is -1.68. The minimum absolute atomic E-state index is 0.0107. The number of nitriles is 1. The Balaban J connectivity index is 3.38. The average molecular weight is 253 g/mol. The van der Waals surface area contributed by atoms with Gasteiger partial charge in [0, 0.05) is 17.3 Å². The highest BCUT2D eigenvalue weighted by Gasteiger charge is 2.28. The van der Waals surface area contributed by atoms with Gasteiger partial charge in [-0.25, -0.2) is 4.98 Å². The summed E-state index contributed by atoms with van der Waals surface area (Å²) in [5, 5.41) is 38.3. The molecular formula is C10H11N3O5. The minimum Gasteiger partial charge on any atom is -0.476 e. The standard InChI is InChI=1S/C10H11N3O5/c1-5-6(9(15)7(14)3-11)4-12-10(18-2)8(5)13(16)17/h4,7,9,14-15H,1-2H3. The van der Waals surface area contributed by atoms with Crippen LogP contribution in [-0.2, 0) is 0 Å². The van der Waals surface area contributed by atoms with Gasteiger partial charge in [0.2, 0.25) is 0 Å². The van der Waals surface area contributed by atoms with Crippen LogP contribution < -0.4 is 4.74 Å². The molecule has 0 fully saturated rings. The number of hydrogen-bond acceptors (Lipinski definition) is 7. The Morgan fingerprint density at radius 2 is 2.22 bits per heavy atom. The fraction of sp³-hybridized carbons (Fsp3) is 0.400. The highest BCUT2D eigenvalue weighted by molar-refractivity contribution is 5.52. The van der Waals surface area contributed by atoms with Crippen LogP contribution in [0.2, 0.25) is 0 Å². The van der Waals surface area contributed by atoms with Gasteiger partial charge in [-0.2, -0.15) is 5.26 Å². The number of nitrogens with zero attached hydrogens (tertiary/aromatic N) is 3. The number of nitro groups is 1. The van der Waals surface area contributed by atoms with Gasteiger partial charge in [-0.05, 0) is 6.92 Å². The molecule has 0 amide bonds. The van der Waals surface area contributed by atoms with Gasteiger partial charge in [0.15, 0.2) is 6.10 Å². The molecule has 0 spiro atoms. The van der Waals surface area contributed by atoms with Gasteiger partial charge >= 0.3 is 5.69 Å². The van der Waals surface area contributed by atoms with Crippen LogP contribution in [0, 0.1) is 28.4 Å². The topological polar surface area (TPSA) is 130 Å². The van der Waals surface area contributed by atoms with Gasteiger partial charge in [0.05, 0.1) is 18.1 Å².